The average molecular weight is 290 g/mol. The summed E-state index contributed by atoms with van der Waals surface area (Å²) in [7, 11) is 2.10. The molecule has 1 unspecified atom stereocenters. The van der Waals surface area contributed by atoms with Gasteiger partial charge in [-0.3, -0.25) is 4.79 Å². The maximum atomic E-state index is 12.5. The Kier molecular flexibility index (Phi) is 3.67. The number of fused-ring (bicyclic) bond motifs is 1. The van der Waals surface area contributed by atoms with Crippen molar-refractivity contribution in [3.8, 4) is 0 Å². The van der Waals surface area contributed by atoms with E-state index in [1.807, 2.05) is 0 Å². The summed E-state index contributed by atoms with van der Waals surface area (Å²) < 4.78 is -0.143. The molecule has 1 fully saturated rings. The van der Waals surface area contributed by atoms with E-state index in [1.54, 1.807) is 11.8 Å². The summed E-state index contributed by atoms with van der Waals surface area (Å²) in [6.07, 6.45) is 6.23. The lowest BCUT2D eigenvalue weighted by atomic mass is 9.83. The number of thioether (sulfide) groups is 1. The fourth-order valence-corrected chi connectivity index (χ4v) is 4.19. The van der Waals surface area contributed by atoms with Gasteiger partial charge in [-0.05, 0) is 43.6 Å². The fraction of sp³-hybridized carbons (Fsp3) is 0.562. The summed E-state index contributed by atoms with van der Waals surface area (Å²) in [6, 6.07) is 8.70. The molecule has 4 heteroatoms. The molecule has 1 atom stereocenters. The van der Waals surface area contributed by atoms with Gasteiger partial charge in [0.1, 0.15) is 0 Å². The summed E-state index contributed by atoms with van der Waals surface area (Å²) in [4.78, 5) is 14.8. The first kappa shape index (κ1) is 13.8. The van der Waals surface area contributed by atoms with Gasteiger partial charge in [0.15, 0.2) is 0 Å². The molecule has 20 heavy (non-hydrogen) atoms. The molecule has 1 aromatic rings. The summed E-state index contributed by atoms with van der Waals surface area (Å²) in [6.45, 7) is 0.896. The van der Waals surface area contributed by atoms with Gasteiger partial charge in [0, 0.05) is 19.3 Å². The van der Waals surface area contributed by atoms with Crippen LogP contribution < -0.4 is 10.2 Å². The molecule has 1 amide bonds. The normalized spacial score (nSPS) is 23.7. The second kappa shape index (κ2) is 5.32. The molecule has 1 aromatic carbocycles. The van der Waals surface area contributed by atoms with Crippen molar-refractivity contribution in [3.63, 3.8) is 0 Å². The number of rotatable bonds is 3. The number of anilines is 1. The Morgan fingerprint density at radius 2 is 2.15 bits per heavy atom. The third kappa shape index (κ3) is 2.30. The highest BCUT2D eigenvalue weighted by atomic mass is 32.2. The first-order valence-electron chi connectivity index (χ1n) is 7.30. The van der Waals surface area contributed by atoms with Crippen LogP contribution in [-0.4, -0.2) is 36.5 Å². The second-order valence-corrected chi connectivity index (χ2v) is 7.13. The molecule has 1 aliphatic heterocycles. The van der Waals surface area contributed by atoms with Crippen LogP contribution in [0.15, 0.2) is 24.3 Å². The number of para-hydroxylation sites is 1. The minimum absolute atomic E-state index is 0.143. The largest absolute Gasteiger partial charge is 0.372 e. The number of hydrogen-bond acceptors (Lipinski definition) is 3. The predicted octanol–water partition coefficient (Wildman–Crippen LogP) is 2.45. The van der Waals surface area contributed by atoms with Crippen LogP contribution in [0.1, 0.15) is 24.8 Å². The molecule has 0 bridgehead atoms. The van der Waals surface area contributed by atoms with E-state index in [2.05, 4.69) is 47.8 Å². The fourth-order valence-electron chi connectivity index (χ4n) is 3.25. The molecular weight excluding hydrogens is 268 g/mol. The standard InChI is InChI=1S/C16H22N2OS/c1-18-11-13(10-12-6-3-4-7-14(12)18)17-15(19)16(20-2)8-5-9-16/h3-4,6-7,13H,5,8-11H2,1-2H3,(H,17,19). The van der Waals surface area contributed by atoms with Crippen molar-refractivity contribution in [2.45, 2.75) is 36.5 Å². The van der Waals surface area contributed by atoms with Gasteiger partial charge in [0.2, 0.25) is 5.91 Å². The number of hydrogen-bond donors (Lipinski definition) is 1. The van der Waals surface area contributed by atoms with Crippen molar-refractivity contribution >= 4 is 23.4 Å². The highest BCUT2D eigenvalue weighted by Crippen LogP contribution is 2.43. The number of carbonyl (C=O) groups is 1. The van der Waals surface area contributed by atoms with Crippen LogP contribution >= 0.6 is 11.8 Å². The lowest BCUT2D eigenvalue weighted by Crippen LogP contribution is -2.55. The Hall–Kier alpha value is -1.16. The van der Waals surface area contributed by atoms with Crippen LogP contribution in [0.5, 0.6) is 0 Å². The molecule has 1 heterocycles. The Balaban J connectivity index is 1.70. The zero-order chi connectivity index (χ0) is 14.2. The molecule has 0 spiro atoms. The Bertz CT molecular complexity index is 507. The van der Waals surface area contributed by atoms with Crippen LogP contribution in [0.3, 0.4) is 0 Å². The van der Waals surface area contributed by atoms with E-state index in [9.17, 15) is 4.79 Å². The number of nitrogens with zero attached hydrogens (tertiary/aromatic N) is 1. The average Bonchev–Trinajstić information content (AvgIpc) is 2.38. The van der Waals surface area contributed by atoms with E-state index in [1.165, 1.54) is 17.7 Å². The van der Waals surface area contributed by atoms with E-state index < -0.39 is 0 Å². The first-order chi connectivity index (χ1) is 9.64. The molecule has 1 saturated carbocycles. The SMILES string of the molecule is CSC1(C(=O)NC2Cc3ccccc3N(C)C2)CCC1. The van der Waals surface area contributed by atoms with Crippen LogP contribution in [0.25, 0.3) is 0 Å². The van der Waals surface area contributed by atoms with Gasteiger partial charge in [-0.1, -0.05) is 18.2 Å². The lowest BCUT2D eigenvalue weighted by molar-refractivity contribution is -0.126. The molecule has 0 radical (unpaired) electrons. The van der Waals surface area contributed by atoms with Crippen LogP contribution in [0.4, 0.5) is 5.69 Å². The molecule has 1 N–H and O–H groups in total. The summed E-state index contributed by atoms with van der Waals surface area (Å²) >= 11 is 1.72. The summed E-state index contributed by atoms with van der Waals surface area (Å²) in [5.74, 6) is 0.244. The predicted molar refractivity (Wildman–Crippen MR) is 85.4 cm³/mol. The van der Waals surface area contributed by atoms with Gasteiger partial charge in [-0.25, -0.2) is 0 Å². The van der Waals surface area contributed by atoms with Gasteiger partial charge in [-0.2, -0.15) is 0 Å². The molecule has 3 rings (SSSR count). The van der Waals surface area contributed by atoms with Gasteiger partial charge >= 0.3 is 0 Å². The van der Waals surface area contributed by atoms with E-state index in [0.29, 0.717) is 0 Å². The van der Waals surface area contributed by atoms with Crippen molar-refractivity contribution in [1.29, 1.82) is 0 Å². The van der Waals surface area contributed by atoms with Gasteiger partial charge < -0.3 is 10.2 Å². The van der Waals surface area contributed by atoms with E-state index in [-0.39, 0.29) is 16.7 Å². The van der Waals surface area contributed by atoms with Gasteiger partial charge in [0.05, 0.1) is 10.8 Å². The maximum Gasteiger partial charge on any atom is 0.236 e. The molecular formula is C16H22N2OS. The maximum absolute atomic E-state index is 12.5. The van der Waals surface area contributed by atoms with E-state index >= 15 is 0 Å². The minimum atomic E-state index is -0.143. The number of carbonyl (C=O) groups excluding carboxylic acids is 1. The highest BCUT2D eigenvalue weighted by Gasteiger charge is 2.44. The van der Waals surface area contributed by atoms with Crippen molar-refractivity contribution in [3.05, 3.63) is 29.8 Å². The topological polar surface area (TPSA) is 32.3 Å². The molecule has 108 valence electrons. The third-order valence-electron chi connectivity index (χ3n) is 4.66. The molecule has 3 nitrogen and oxygen atoms in total. The van der Waals surface area contributed by atoms with Crippen LogP contribution in [0.2, 0.25) is 0 Å². The zero-order valence-corrected chi connectivity index (χ0v) is 13.0. The van der Waals surface area contributed by atoms with Gasteiger partial charge in [-0.15, -0.1) is 11.8 Å². The number of likely N-dealkylation sites (N-methyl/N-ethyl adjacent to an activating group) is 1. The van der Waals surface area contributed by atoms with Crippen LogP contribution in [-0.2, 0) is 11.2 Å². The summed E-state index contributed by atoms with van der Waals surface area (Å²) in [5, 5.41) is 3.28. The van der Waals surface area contributed by atoms with Crippen molar-refractivity contribution in [2.24, 2.45) is 0 Å². The molecule has 0 aromatic heterocycles. The Morgan fingerprint density at radius 1 is 1.40 bits per heavy atom. The van der Waals surface area contributed by atoms with Crippen molar-refractivity contribution in [2.75, 3.05) is 24.7 Å². The molecule has 1 aliphatic carbocycles. The monoisotopic (exact) mass is 290 g/mol. The number of amides is 1. The first-order valence-corrected chi connectivity index (χ1v) is 8.52. The smallest absolute Gasteiger partial charge is 0.236 e. The van der Waals surface area contributed by atoms with E-state index in [0.717, 1.165) is 25.8 Å². The van der Waals surface area contributed by atoms with Crippen LogP contribution in [0, 0.1) is 0 Å². The Labute approximate surface area is 125 Å². The zero-order valence-electron chi connectivity index (χ0n) is 12.2. The van der Waals surface area contributed by atoms with Gasteiger partial charge in [0.25, 0.3) is 0 Å². The number of benzene rings is 1. The quantitative estimate of drug-likeness (QED) is 0.928. The third-order valence-corrected chi connectivity index (χ3v) is 6.04. The molecule has 2 aliphatic rings. The number of nitrogens with one attached hydrogen (secondary N) is 1. The van der Waals surface area contributed by atoms with Crippen molar-refractivity contribution in [1.82, 2.24) is 5.32 Å². The minimum Gasteiger partial charge on any atom is -0.372 e. The second-order valence-electron chi connectivity index (χ2n) is 5.94. The van der Waals surface area contributed by atoms with Crippen molar-refractivity contribution < 1.29 is 4.79 Å². The summed E-state index contributed by atoms with van der Waals surface area (Å²) in [5.41, 5.74) is 2.62. The molecule has 0 saturated heterocycles. The highest BCUT2D eigenvalue weighted by molar-refractivity contribution is 8.00. The van der Waals surface area contributed by atoms with E-state index in [4.69, 9.17) is 0 Å². The Morgan fingerprint density at radius 3 is 2.80 bits per heavy atom. The lowest BCUT2D eigenvalue weighted by Gasteiger charge is -2.41.